The van der Waals surface area contributed by atoms with Gasteiger partial charge in [0.2, 0.25) is 5.78 Å². The third-order valence-corrected chi connectivity index (χ3v) is 10.3. The molecule has 1 spiro atoms. The lowest BCUT2D eigenvalue weighted by Gasteiger charge is -2.52. The highest BCUT2D eigenvalue weighted by molar-refractivity contribution is 6.37. The lowest BCUT2D eigenvalue weighted by Crippen LogP contribution is -2.56. The van der Waals surface area contributed by atoms with E-state index in [9.17, 15) is 19.5 Å². The predicted octanol–water partition coefficient (Wildman–Crippen LogP) is 2.27. The number of nitrogens with zero attached hydrogens (tertiary/aromatic N) is 5. The third kappa shape index (κ3) is 5.42. The number of likely N-dealkylation sites (tertiary alicyclic amines) is 2. The number of benzene rings is 1. The molecule has 2 amide bonds. The zero-order valence-corrected chi connectivity index (χ0v) is 24.1. The number of aliphatic hydroxyl groups is 1. The van der Waals surface area contributed by atoms with Crippen molar-refractivity contribution in [3.05, 3.63) is 53.5 Å². The number of piperidine rings is 2. The predicted molar refractivity (Wildman–Crippen MR) is 156 cm³/mol. The molecule has 222 valence electrons. The summed E-state index contributed by atoms with van der Waals surface area (Å²) in [6.07, 6.45) is 8.08. The van der Waals surface area contributed by atoms with Crippen LogP contribution >= 0.6 is 0 Å². The van der Waals surface area contributed by atoms with Crippen molar-refractivity contribution >= 4 is 23.4 Å². The zero-order valence-electron chi connectivity index (χ0n) is 24.1. The number of hydrogen-bond acceptors (Lipinski definition) is 8. The van der Waals surface area contributed by atoms with Gasteiger partial charge in [0, 0.05) is 63.3 Å². The smallest absolute Gasteiger partial charge is 0.290 e. The number of anilines is 1. The minimum absolute atomic E-state index is 0.0227. The van der Waals surface area contributed by atoms with Crippen LogP contribution in [0.15, 0.2) is 36.7 Å². The van der Waals surface area contributed by atoms with Crippen LogP contribution in [0.25, 0.3) is 0 Å². The Bertz CT molecular complexity index is 1360. The monoisotopic (exact) mass is 572 g/mol. The average Bonchev–Trinajstić information content (AvgIpc) is 3.85. The lowest BCUT2D eigenvalue weighted by molar-refractivity contribution is -0.147. The van der Waals surface area contributed by atoms with Gasteiger partial charge < -0.3 is 20.2 Å². The molecule has 2 N–H and O–H groups in total. The van der Waals surface area contributed by atoms with E-state index in [0.29, 0.717) is 37.7 Å². The molecule has 4 heterocycles. The molecule has 1 unspecified atom stereocenters. The van der Waals surface area contributed by atoms with Crippen LogP contribution in [0.1, 0.15) is 66.6 Å². The molecule has 10 nitrogen and oxygen atoms in total. The summed E-state index contributed by atoms with van der Waals surface area (Å²) in [5.74, 6) is -0.0395. The maximum absolute atomic E-state index is 13.4. The third-order valence-electron chi connectivity index (χ3n) is 10.3. The SMILES string of the molecule is O=C(C(=O)N1CCC2(CC1)CC(Nc1cc(C(=O)N3CCC(N4CCc5ccccc5C4)[C@@H](O)C3)ncn1)C2)C1CC1. The van der Waals surface area contributed by atoms with Crippen LogP contribution < -0.4 is 5.32 Å². The fraction of sp³-hybridized carbons (Fsp3) is 0.594. The molecular formula is C32H40N6O4. The fourth-order valence-corrected chi connectivity index (χ4v) is 7.61. The molecule has 1 aromatic carbocycles. The Hall–Kier alpha value is -3.37. The minimum atomic E-state index is -0.605. The Morgan fingerprint density at radius 2 is 1.69 bits per heavy atom. The first-order valence-electron chi connectivity index (χ1n) is 15.6. The molecule has 4 fully saturated rings. The van der Waals surface area contributed by atoms with E-state index in [1.54, 1.807) is 15.9 Å². The Labute approximate surface area is 246 Å². The average molecular weight is 573 g/mol. The molecule has 2 aromatic rings. The number of aromatic nitrogens is 2. The molecular weight excluding hydrogens is 532 g/mol. The van der Waals surface area contributed by atoms with Gasteiger partial charge in [0.05, 0.1) is 6.10 Å². The zero-order chi connectivity index (χ0) is 28.8. The summed E-state index contributed by atoms with van der Waals surface area (Å²) in [5, 5.41) is 14.5. The number of hydrogen-bond donors (Lipinski definition) is 2. The number of amides is 2. The van der Waals surface area contributed by atoms with Crippen molar-refractivity contribution in [1.29, 1.82) is 0 Å². The van der Waals surface area contributed by atoms with E-state index in [1.807, 2.05) is 0 Å². The molecule has 0 bridgehead atoms. The molecule has 2 aliphatic carbocycles. The van der Waals surface area contributed by atoms with Crippen molar-refractivity contribution in [3.63, 3.8) is 0 Å². The van der Waals surface area contributed by atoms with Crippen LogP contribution in [-0.2, 0) is 22.6 Å². The highest BCUT2D eigenvalue weighted by atomic mass is 16.3. The number of rotatable bonds is 6. The normalized spacial score (nSPS) is 25.9. The van der Waals surface area contributed by atoms with Crippen molar-refractivity contribution in [2.45, 2.75) is 76.1 Å². The summed E-state index contributed by atoms with van der Waals surface area (Å²) in [6.45, 7) is 3.96. The highest BCUT2D eigenvalue weighted by Crippen LogP contribution is 2.50. The summed E-state index contributed by atoms with van der Waals surface area (Å²) in [7, 11) is 0. The van der Waals surface area contributed by atoms with Gasteiger partial charge in [-0.15, -0.1) is 0 Å². The Morgan fingerprint density at radius 1 is 0.929 bits per heavy atom. The molecule has 3 aliphatic heterocycles. The first-order chi connectivity index (χ1) is 20.4. The summed E-state index contributed by atoms with van der Waals surface area (Å²) in [5.41, 5.74) is 3.26. The van der Waals surface area contributed by atoms with E-state index in [-0.39, 0.29) is 41.0 Å². The standard InChI is InChI=1S/C32H40N6O4/c39-27-19-38(12-8-26(27)37-11-7-21-3-1-2-4-23(21)18-37)30(41)25-15-28(34-20-33-25)35-24-16-32(17-24)9-13-36(14-10-32)31(42)29(40)22-5-6-22/h1-4,15,20,22,24,26-27,39H,5-14,16-19H2,(H,33,34,35)/t26?,27-/m0/s1. The van der Waals surface area contributed by atoms with Crippen LogP contribution in [0, 0.1) is 11.3 Å². The number of β-amino-alcohol motifs (C(OH)–C–C–N with tert-alkyl or cyclic N) is 1. The number of nitrogens with one attached hydrogen (secondary N) is 1. The van der Waals surface area contributed by atoms with Gasteiger partial charge in [0.25, 0.3) is 11.8 Å². The molecule has 7 rings (SSSR count). The van der Waals surface area contributed by atoms with Crippen molar-refractivity contribution < 1.29 is 19.5 Å². The van der Waals surface area contributed by atoms with Crippen LogP contribution in [0.4, 0.5) is 5.82 Å². The van der Waals surface area contributed by atoms with Gasteiger partial charge in [-0.1, -0.05) is 24.3 Å². The quantitative estimate of drug-likeness (QED) is 0.506. The number of aliphatic hydroxyl groups excluding tert-OH is 1. The molecule has 10 heteroatoms. The van der Waals surface area contributed by atoms with Gasteiger partial charge in [-0.05, 0) is 67.9 Å². The van der Waals surface area contributed by atoms with Gasteiger partial charge in [-0.25, -0.2) is 9.97 Å². The molecule has 2 atom stereocenters. The van der Waals surface area contributed by atoms with Crippen LogP contribution in [-0.4, -0.2) is 98.3 Å². The summed E-state index contributed by atoms with van der Waals surface area (Å²) in [4.78, 5) is 52.4. The van der Waals surface area contributed by atoms with E-state index >= 15 is 0 Å². The Morgan fingerprint density at radius 3 is 2.43 bits per heavy atom. The van der Waals surface area contributed by atoms with Gasteiger partial charge in [0.1, 0.15) is 17.8 Å². The minimum Gasteiger partial charge on any atom is -0.390 e. The summed E-state index contributed by atoms with van der Waals surface area (Å²) < 4.78 is 0. The molecule has 42 heavy (non-hydrogen) atoms. The van der Waals surface area contributed by atoms with Crippen molar-refractivity contribution in [2.75, 3.05) is 38.0 Å². The van der Waals surface area contributed by atoms with Gasteiger partial charge >= 0.3 is 0 Å². The van der Waals surface area contributed by atoms with Crippen molar-refractivity contribution in [2.24, 2.45) is 11.3 Å². The van der Waals surface area contributed by atoms with E-state index < -0.39 is 6.10 Å². The maximum atomic E-state index is 13.4. The van der Waals surface area contributed by atoms with E-state index in [0.717, 1.165) is 64.5 Å². The number of ketones is 1. The maximum Gasteiger partial charge on any atom is 0.290 e. The second-order valence-corrected chi connectivity index (χ2v) is 13.1. The molecule has 1 aromatic heterocycles. The first-order valence-corrected chi connectivity index (χ1v) is 15.6. The Balaban J connectivity index is 0.895. The van der Waals surface area contributed by atoms with Gasteiger partial charge in [-0.3, -0.25) is 19.3 Å². The second-order valence-electron chi connectivity index (χ2n) is 13.1. The van der Waals surface area contributed by atoms with Crippen LogP contribution in [0.5, 0.6) is 0 Å². The topological polar surface area (TPSA) is 119 Å². The van der Waals surface area contributed by atoms with Crippen molar-refractivity contribution in [3.8, 4) is 0 Å². The van der Waals surface area contributed by atoms with Crippen molar-refractivity contribution in [1.82, 2.24) is 24.7 Å². The van der Waals surface area contributed by atoms with E-state index in [4.69, 9.17) is 0 Å². The number of Topliss-reactive ketones (excluding diaryl/α,β-unsaturated/α-hetero) is 1. The summed E-state index contributed by atoms with van der Waals surface area (Å²) in [6, 6.07) is 10.5. The number of fused-ring (bicyclic) bond motifs is 1. The number of carbonyl (C=O) groups is 3. The molecule has 2 saturated heterocycles. The molecule has 5 aliphatic rings. The largest absolute Gasteiger partial charge is 0.390 e. The van der Waals surface area contributed by atoms with E-state index in [2.05, 4.69) is 44.5 Å². The highest BCUT2D eigenvalue weighted by Gasteiger charge is 2.47. The fourth-order valence-electron chi connectivity index (χ4n) is 7.61. The second kappa shape index (κ2) is 11.0. The van der Waals surface area contributed by atoms with Crippen LogP contribution in [0.3, 0.4) is 0 Å². The summed E-state index contributed by atoms with van der Waals surface area (Å²) >= 11 is 0. The number of carbonyl (C=O) groups excluding carboxylic acids is 3. The molecule has 2 saturated carbocycles. The van der Waals surface area contributed by atoms with Crippen LogP contribution in [0.2, 0.25) is 0 Å². The Kier molecular flexibility index (Phi) is 7.22. The molecule has 0 radical (unpaired) electrons. The van der Waals surface area contributed by atoms with E-state index in [1.165, 1.54) is 17.5 Å². The van der Waals surface area contributed by atoms with Gasteiger partial charge in [-0.2, -0.15) is 0 Å². The first kappa shape index (κ1) is 27.5. The lowest BCUT2D eigenvalue weighted by atomic mass is 9.60. The van der Waals surface area contributed by atoms with Gasteiger partial charge in [0.15, 0.2) is 0 Å².